The fourth-order valence-electron chi connectivity index (χ4n) is 2.40. The summed E-state index contributed by atoms with van der Waals surface area (Å²) in [6, 6.07) is 12.5. The van der Waals surface area contributed by atoms with E-state index in [-0.39, 0.29) is 17.6 Å². The van der Waals surface area contributed by atoms with Crippen LogP contribution in [0.4, 0.5) is 5.95 Å². The van der Waals surface area contributed by atoms with Crippen LogP contribution in [0.3, 0.4) is 0 Å². The molecular formula is C16H14N4O2. The second-order valence-corrected chi connectivity index (χ2v) is 5.43. The molecule has 1 aromatic carbocycles. The highest BCUT2D eigenvalue weighted by atomic mass is 16.3. The Labute approximate surface area is 126 Å². The van der Waals surface area contributed by atoms with E-state index in [1.807, 2.05) is 24.3 Å². The molecule has 0 spiro atoms. The van der Waals surface area contributed by atoms with Crippen LogP contribution in [0.2, 0.25) is 0 Å². The molecule has 0 saturated heterocycles. The van der Waals surface area contributed by atoms with Gasteiger partial charge < -0.3 is 5.11 Å². The summed E-state index contributed by atoms with van der Waals surface area (Å²) in [6.45, 7) is 0. The molecule has 1 aliphatic rings. The Morgan fingerprint density at radius 3 is 2.82 bits per heavy atom. The maximum atomic E-state index is 11.8. The van der Waals surface area contributed by atoms with Crippen molar-refractivity contribution in [3.05, 3.63) is 42.5 Å². The predicted octanol–water partition coefficient (Wildman–Crippen LogP) is 2.45. The lowest BCUT2D eigenvalue weighted by atomic mass is 10.1. The van der Waals surface area contributed by atoms with Crippen molar-refractivity contribution in [3.8, 4) is 17.0 Å². The number of phenols is 1. The molecule has 0 aliphatic heterocycles. The Morgan fingerprint density at radius 2 is 2.05 bits per heavy atom. The number of anilines is 1. The number of amides is 1. The molecule has 2 N–H and O–H groups in total. The van der Waals surface area contributed by atoms with Crippen LogP contribution < -0.4 is 5.32 Å². The van der Waals surface area contributed by atoms with Gasteiger partial charge in [-0.25, -0.2) is 4.52 Å². The second kappa shape index (κ2) is 4.84. The first-order valence-corrected chi connectivity index (χ1v) is 7.17. The molecule has 6 nitrogen and oxygen atoms in total. The van der Waals surface area contributed by atoms with Crippen LogP contribution in [-0.4, -0.2) is 25.6 Å². The van der Waals surface area contributed by atoms with Crippen molar-refractivity contribution in [3.63, 3.8) is 0 Å². The normalized spacial score (nSPS) is 14.2. The molecule has 2 heterocycles. The molecule has 6 heteroatoms. The summed E-state index contributed by atoms with van der Waals surface area (Å²) < 4.78 is 1.66. The first-order chi connectivity index (χ1) is 10.7. The summed E-state index contributed by atoms with van der Waals surface area (Å²) in [4.78, 5) is 16.1. The van der Waals surface area contributed by atoms with E-state index in [0.29, 0.717) is 11.6 Å². The molecule has 0 atom stereocenters. The number of rotatable bonds is 3. The number of nitrogens with one attached hydrogen (secondary N) is 1. The van der Waals surface area contributed by atoms with Gasteiger partial charge in [-0.2, -0.15) is 4.98 Å². The zero-order valence-electron chi connectivity index (χ0n) is 11.7. The van der Waals surface area contributed by atoms with Gasteiger partial charge in [0, 0.05) is 11.5 Å². The van der Waals surface area contributed by atoms with Gasteiger partial charge in [0.2, 0.25) is 11.9 Å². The smallest absolute Gasteiger partial charge is 0.249 e. The number of aromatic nitrogens is 3. The van der Waals surface area contributed by atoms with E-state index >= 15 is 0 Å². The van der Waals surface area contributed by atoms with Gasteiger partial charge in [-0.1, -0.05) is 18.2 Å². The molecule has 22 heavy (non-hydrogen) atoms. The molecule has 1 saturated carbocycles. The van der Waals surface area contributed by atoms with Crippen molar-refractivity contribution in [1.29, 1.82) is 0 Å². The van der Waals surface area contributed by atoms with Gasteiger partial charge in [0.1, 0.15) is 5.75 Å². The molecule has 4 rings (SSSR count). The van der Waals surface area contributed by atoms with Crippen LogP contribution in [0.5, 0.6) is 5.75 Å². The van der Waals surface area contributed by atoms with E-state index in [9.17, 15) is 9.90 Å². The largest absolute Gasteiger partial charge is 0.508 e. The summed E-state index contributed by atoms with van der Waals surface area (Å²) >= 11 is 0. The molecule has 0 radical (unpaired) electrons. The number of hydrogen-bond donors (Lipinski definition) is 2. The van der Waals surface area contributed by atoms with E-state index < -0.39 is 0 Å². The molecule has 1 aliphatic carbocycles. The van der Waals surface area contributed by atoms with Crippen molar-refractivity contribution in [1.82, 2.24) is 14.6 Å². The molecule has 0 bridgehead atoms. The van der Waals surface area contributed by atoms with Crippen molar-refractivity contribution in [2.75, 3.05) is 5.32 Å². The topological polar surface area (TPSA) is 79.5 Å². The van der Waals surface area contributed by atoms with E-state index in [2.05, 4.69) is 15.4 Å². The Hall–Kier alpha value is -2.89. The minimum Gasteiger partial charge on any atom is -0.508 e. The van der Waals surface area contributed by atoms with Gasteiger partial charge in [-0.05, 0) is 37.1 Å². The molecule has 2 aromatic heterocycles. The van der Waals surface area contributed by atoms with Crippen molar-refractivity contribution in [2.45, 2.75) is 12.8 Å². The molecule has 110 valence electrons. The van der Waals surface area contributed by atoms with Gasteiger partial charge in [-0.15, -0.1) is 5.10 Å². The Bertz CT molecular complexity index is 867. The molecule has 3 aromatic rings. The van der Waals surface area contributed by atoms with E-state index in [1.54, 1.807) is 22.7 Å². The van der Waals surface area contributed by atoms with Crippen LogP contribution in [0.1, 0.15) is 12.8 Å². The number of benzene rings is 1. The number of carbonyl (C=O) groups is 1. The SMILES string of the molecule is O=C(Nc1nc2cccc(-c3cccc(O)c3)n2n1)C1CC1. The van der Waals surface area contributed by atoms with Crippen LogP contribution in [0.25, 0.3) is 16.9 Å². The average Bonchev–Trinajstić information content (AvgIpc) is 3.27. The zero-order chi connectivity index (χ0) is 15.1. The number of aromatic hydroxyl groups is 1. The minimum atomic E-state index is -0.0187. The number of carbonyl (C=O) groups excluding carboxylic acids is 1. The molecule has 0 unspecified atom stereocenters. The first-order valence-electron chi connectivity index (χ1n) is 7.17. The lowest BCUT2D eigenvalue weighted by molar-refractivity contribution is -0.117. The second-order valence-electron chi connectivity index (χ2n) is 5.43. The number of hydrogen-bond acceptors (Lipinski definition) is 4. The van der Waals surface area contributed by atoms with Crippen LogP contribution >= 0.6 is 0 Å². The van der Waals surface area contributed by atoms with Crippen molar-refractivity contribution in [2.24, 2.45) is 5.92 Å². The highest BCUT2D eigenvalue weighted by molar-refractivity contribution is 5.92. The summed E-state index contributed by atoms with van der Waals surface area (Å²) in [7, 11) is 0. The fourth-order valence-corrected chi connectivity index (χ4v) is 2.40. The third kappa shape index (κ3) is 2.28. The number of pyridine rings is 1. The lowest BCUT2D eigenvalue weighted by Gasteiger charge is -2.04. The summed E-state index contributed by atoms with van der Waals surface area (Å²) in [5, 5.41) is 16.7. The van der Waals surface area contributed by atoms with Crippen LogP contribution in [0, 0.1) is 5.92 Å². The Balaban J connectivity index is 1.76. The lowest BCUT2D eigenvalue weighted by Crippen LogP contribution is -2.14. The number of phenolic OH excluding ortho intramolecular Hbond substituents is 1. The van der Waals surface area contributed by atoms with E-state index in [4.69, 9.17) is 0 Å². The average molecular weight is 294 g/mol. The maximum Gasteiger partial charge on any atom is 0.249 e. The van der Waals surface area contributed by atoms with Crippen molar-refractivity contribution < 1.29 is 9.90 Å². The third-order valence-electron chi connectivity index (χ3n) is 3.68. The zero-order valence-corrected chi connectivity index (χ0v) is 11.7. The third-order valence-corrected chi connectivity index (χ3v) is 3.68. The van der Waals surface area contributed by atoms with Crippen LogP contribution in [-0.2, 0) is 4.79 Å². The Kier molecular flexibility index (Phi) is 2.82. The standard InChI is InChI=1S/C16H14N4O2/c21-12-4-1-3-11(9-12)13-5-2-6-14-17-16(19-20(13)14)18-15(22)10-7-8-10/h1-6,9-10,21H,7-8H2,(H,18,19,22). The minimum absolute atomic E-state index is 0.0187. The van der Waals surface area contributed by atoms with E-state index in [1.165, 1.54) is 0 Å². The summed E-state index contributed by atoms with van der Waals surface area (Å²) in [5.41, 5.74) is 2.27. The maximum absolute atomic E-state index is 11.8. The fraction of sp³-hybridized carbons (Fsp3) is 0.188. The summed E-state index contributed by atoms with van der Waals surface area (Å²) in [5.74, 6) is 0.591. The quantitative estimate of drug-likeness (QED) is 0.777. The summed E-state index contributed by atoms with van der Waals surface area (Å²) in [6.07, 6.45) is 1.88. The van der Waals surface area contributed by atoms with Crippen LogP contribution in [0.15, 0.2) is 42.5 Å². The predicted molar refractivity (Wildman–Crippen MR) is 81.4 cm³/mol. The van der Waals surface area contributed by atoms with Gasteiger partial charge in [-0.3, -0.25) is 10.1 Å². The van der Waals surface area contributed by atoms with Gasteiger partial charge in [0.05, 0.1) is 5.69 Å². The highest BCUT2D eigenvalue weighted by Crippen LogP contribution is 2.30. The van der Waals surface area contributed by atoms with Gasteiger partial charge in [0.25, 0.3) is 0 Å². The van der Waals surface area contributed by atoms with Gasteiger partial charge in [0.15, 0.2) is 5.65 Å². The first kappa shape index (κ1) is 12.8. The number of nitrogens with zero attached hydrogens (tertiary/aromatic N) is 3. The monoisotopic (exact) mass is 294 g/mol. The molecule has 1 amide bonds. The highest BCUT2D eigenvalue weighted by Gasteiger charge is 2.30. The van der Waals surface area contributed by atoms with Gasteiger partial charge >= 0.3 is 0 Å². The molecular weight excluding hydrogens is 280 g/mol. The molecule has 1 fully saturated rings. The Morgan fingerprint density at radius 1 is 1.23 bits per heavy atom. The van der Waals surface area contributed by atoms with E-state index in [0.717, 1.165) is 24.1 Å². The number of fused-ring (bicyclic) bond motifs is 1. The van der Waals surface area contributed by atoms with Crippen molar-refractivity contribution >= 4 is 17.5 Å².